The predicted octanol–water partition coefficient (Wildman–Crippen LogP) is 3.54. The minimum Gasteiger partial charge on any atom is -0.497 e. The van der Waals surface area contributed by atoms with Gasteiger partial charge in [0.1, 0.15) is 41.3 Å². The molecule has 16 nitrogen and oxygen atoms in total. The van der Waals surface area contributed by atoms with Crippen molar-refractivity contribution < 1.29 is 46.6 Å². The molecule has 1 saturated heterocycles. The second kappa shape index (κ2) is 17.5. The summed E-state index contributed by atoms with van der Waals surface area (Å²) in [6, 6.07) is 4.63. The van der Waals surface area contributed by atoms with E-state index in [0.717, 1.165) is 31.0 Å². The minimum absolute atomic E-state index is 0.0402. The van der Waals surface area contributed by atoms with Gasteiger partial charge in [-0.2, -0.15) is 0 Å². The number of methoxy groups -OCH3 is 1. The SMILES string of the molecule is C=CC(=O)N(C)C[C@H](NC(=O)OC1CCCC1)C(=O)N1C[C@H](Oc2cc(C3C=CC=CC3)nc3cc(OC)ccc23)C[C@H]1C(=O)N[C@]1(C(=O)NS(=O)(=O)C2CC2)C[C@H]1C=C. The number of hydrogen-bond donors (Lipinski definition) is 3. The number of hydrogen-bond acceptors (Lipinski definition) is 11. The zero-order valence-corrected chi connectivity index (χ0v) is 34.7. The molecule has 6 atom stereocenters. The Balaban J connectivity index is 1.21. The molecule has 4 aliphatic carbocycles. The number of pyridine rings is 1. The van der Waals surface area contributed by atoms with Gasteiger partial charge < -0.3 is 34.6 Å². The average molecular weight is 845 g/mol. The van der Waals surface area contributed by atoms with E-state index in [1.165, 1.54) is 22.9 Å². The fourth-order valence-electron chi connectivity index (χ4n) is 8.22. The van der Waals surface area contributed by atoms with Crippen LogP contribution in [-0.2, 0) is 33.9 Å². The normalized spacial score (nSPS) is 25.2. The summed E-state index contributed by atoms with van der Waals surface area (Å²) >= 11 is 0. The van der Waals surface area contributed by atoms with Gasteiger partial charge in [0.05, 0.1) is 36.7 Å². The number of rotatable bonds is 16. The first-order chi connectivity index (χ1) is 28.7. The Hall–Kier alpha value is -5.71. The Bertz CT molecular complexity index is 2230. The van der Waals surface area contributed by atoms with Crippen LogP contribution in [0.1, 0.15) is 69.4 Å². The van der Waals surface area contributed by atoms with Crippen molar-refractivity contribution in [2.45, 2.75) is 98.8 Å². The lowest BCUT2D eigenvalue weighted by atomic mass is 9.96. The van der Waals surface area contributed by atoms with Crippen LogP contribution >= 0.6 is 0 Å². The van der Waals surface area contributed by atoms with Crippen LogP contribution < -0.4 is 24.8 Å². The first-order valence-electron chi connectivity index (χ1n) is 20.4. The lowest BCUT2D eigenvalue weighted by molar-refractivity contribution is -0.141. The molecule has 5 amide bonds. The summed E-state index contributed by atoms with van der Waals surface area (Å²) in [5.74, 6) is -2.39. The standard InChI is InChI=1S/C43H52N6O10S/c1-5-27-23-43(27,41(53)47-60(55,56)31-17-18-31)46-39(51)36-21-30(58-37-22-33(26-12-8-7-9-13-26)44-34-20-29(57-4)16-19-32(34)37)24-49(36)40(52)35(25-48(3)38(50)6-2)45-42(54)59-28-14-10-11-15-28/h5-9,12,16,19-20,22,26-28,30-31,35-36H,1-2,10-11,13-15,17-18,21,23-25H2,3-4H3,(H,45,54)(H,46,51)(H,47,53)/t26?,27-,30-,35+,36+,43-/m1/s1. The summed E-state index contributed by atoms with van der Waals surface area (Å²) in [7, 11) is -0.938. The molecule has 17 heteroatoms. The number of nitrogens with zero attached hydrogens (tertiary/aromatic N) is 3. The number of fused-ring (bicyclic) bond motifs is 1. The number of sulfonamides is 1. The number of likely N-dealkylation sites (N-methyl/N-ethyl adjacent to an activating group) is 1. The molecule has 1 unspecified atom stereocenters. The molecule has 1 aromatic carbocycles. The molecule has 0 bridgehead atoms. The first kappa shape index (κ1) is 42.4. The molecular weight excluding hydrogens is 793 g/mol. The van der Waals surface area contributed by atoms with Gasteiger partial charge in [-0.15, -0.1) is 6.58 Å². The maximum Gasteiger partial charge on any atom is 0.408 e. The number of carbonyl (C=O) groups is 5. The van der Waals surface area contributed by atoms with Crippen LogP contribution in [0, 0.1) is 5.92 Å². The molecule has 0 spiro atoms. The molecule has 3 saturated carbocycles. The number of benzene rings is 1. The minimum atomic E-state index is -3.95. The molecule has 2 heterocycles. The van der Waals surface area contributed by atoms with Crippen LogP contribution in [0.5, 0.6) is 11.5 Å². The Kier molecular flexibility index (Phi) is 12.4. The fraction of sp³-hybridized carbons (Fsp3) is 0.488. The average Bonchev–Trinajstić information content (AvgIpc) is 4.13. The molecule has 1 aromatic heterocycles. The molecule has 5 aliphatic rings. The van der Waals surface area contributed by atoms with E-state index in [0.29, 0.717) is 48.1 Å². The molecule has 7 rings (SSSR count). The van der Waals surface area contributed by atoms with Crippen LogP contribution in [-0.4, -0.2) is 115 Å². The number of ether oxygens (including phenoxy) is 3. The van der Waals surface area contributed by atoms with Crippen molar-refractivity contribution in [3.8, 4) is 11.5 Å². The number of nitrogens with one attached hydrogen (secondary N) is 3. The van der Waals surface area contributed by atoms with Gasteiger partial charge in [0, 0.05) is 42.8 Å². The lowest BCUT2D eigenvalue weighted by Crippen LogP contribution is -2.59. The van der Waals surface area contributed by atoms with E-state index in [9.17, 15) is 32.4 Å². The van der Waals surface area contributed by atoms with Crippen molar-refractivity contribution >= 4 is 50.6 Å². The topological polar surface area (TPSA) is 203 Å². The summed E-state index contributed by atoms with van der Waals surface area (Å²) in [6.07, 6.45) is 13.4. The zero-order valence-electron chi connectivity index (χ0n) is 33.8. The van der Waals surface area contributed by atoms with Gasteiger partial charge >= 0.3 is 6.09 Å². The van der Waals surface area contributed by atoms with Crippen molar-refractivity contribution in [1.82, 2.24) is 30.1 Å². The number of aromatic nitrogens is 1. The third kappa shape index (κ3) is 9.20. The first-order valence-corrected chi connectivity index (χ1v) is 21.9. The summed E-state index contributed by atoms with van der Waals surface area (Å²) in [4.78, 5) is 76.3. The van der Waals surface area contributed by atoms with Crippen molar-refractivity contribution in [3.63, 3.8) is 0 Å². The van der Waals surface area contributed by atoms with Gasteiger partial charge in [-0.25, -0.2) is 13.2 Å². The van der Waals surface area contributed by atoms with Crippen LogP contribution in [0.15, 0.2) is 73.9 Å². The molecule has 320 valence electrons. The number of carbonyl (C=O) groups excluding carboxylic acids is 5. The number of allylic oxidation sites excluding steroid dienone is 4. The summed E-state index contributed by atoms with van der Waals surface area (Å²) < 4.78 is 45.6. The quantitative estimate of drug-likeness (QED) is 0.165. The monoisotopic (exact) mass is 844 g/mol. The molecular formula is C43H52N6O10S. The maximum atomic E-state index is 14.8. The van der Waals surface area contributed by atoms with Crippen LogP contribution in [0.4, 0.5) is 4.79 Å². The van der Waals surface area contributed by atoms with Crippen molar-refractivity contribution in [2.75, 3.05) is 27.2 Å². The summed E-state index contributed by atoms with van der Waals surface area (Å²) in [5.41, 5.74) is -0.265. The van der Waals surface area contributed by atoms with Crippen LogP contribution in [0.25, 0.3) is 10.9 Å². The van der Waals surface area contributed by atoms with Gasteiger partial charge in [-0.05, 0) is 69.6 Å². The van der Waals surface area contributed by atoms with E-state index < -0.39 is 74.6 Å². The third-order valence-corrected chi connectivity index (χ3v) is 13.7. The highest BCUT2D eigenvalue weighted by Crippen LogP contribution is 2.46. The number of alkyl carbamates (subject to hydrolysis) is 1. The molecule has 60 heavy (non-hydrogen) atoms. The Labute approximate surface area is 349 Å². The van der Waals surface area contributed by atoms with Gasteiger partial charge in [0.25, 0.3) is 5.91 Å². The van der Waals surface area contributed by atoms with Crippen molar-refractivity contribution in [3.05, 3.63) is 79.6 Å². The highest BCUT2D eigenvalue weighted by molar-refractivity contribution is 7.91. The maximum absolute atomic E-state index is 14.8. The molecule has 2 aromatic rings. The fourth-order valence-corrected chi connectivity index (χ4v) is 9.59. The number of amides is 5. The van der Waals surface area contributed by atoms with E-state index >= 15 is 0 Å². The van der Waals surface area contributed by atoms with Crippen LogP contribution in [0.3, 0.4) is 0 Å². The Morgan fingerprint density at radius 2 is 1.83 bits per heavy atom. The zero-order chi connectivity index (χ0) is 42.8. The van der Waals surface area contributed by atoms with Gasteiger partial charge in [0.2, 0.25) is 27.7 Å². The van der Waals surface area contributed by atoms with Crippen molar-refractivity contribution in [2.24, 2.45) is 5.92 Å². The lowest BCUT2D eigenvalue weighted by Gasteiger charge is -2.31. The Morgan fingerprint density at radius 3 is 2.48 bits per heavy atom. The second-order valence-corrected chi connectivity index (χ2v) is 18.1. The second-order valence-electron chi connectivity index (χ2n) is 16.2. The van der Waals surface area contributed by atoms with Crippen LogP contribution in [0.2, 0.25) is 0 Å². The summed E-state index contributed by atoms with van der Waals surface area (Å²) in [5, 5.41) is 5.42. The van der Waals surface area contributed by atoms with Crippen molar-refractivity contribution in [1.29, 1.82) is 0 Å². The number of likely N-dealkylation sites (tertiary alicyclic amines) is 1. The van der Waals surface area contributed by atoms with Gasteiger partial charge in [-0.3, -0.25) is 28.9 Å². The highest BCUT2D eigenvalue weighted by Gasteiger charge is 2.62. The predicted molar refractivity (Wildman–Crippen MR) is 221 cm³/mol. The third-order valence-electron chi connectivity index (χ3n) is 11.9. The van der Waals surface area contributed by atoms with E-state index in [2.05, 4.69) is 28.5 Å². The van der Waals surface area contributed by atoms with E-state index in [1.807, 2.05) is 36.4 Å². The molecule has 1 aliphatic heterocycles. The highest BCUT2D eigenvalue weighted by atomic mass is 32.2. The van der Waals surface area contributed by atoms with Gasteiger partial charge in [-0.1, -0.05) is 37.0 Å². The Morgan fingerprint density at radius 1 is 1.07 bits per heavy atom. The van der Waals surface area contributed by atoms with E-state index in [4.69, 9.17) is 19.2 Å². The smallest absolute Gasteiger partial charge is 0.408 e. The van der Waals surface area contributed by atoms with Gasteiger partial charge in [0.15, 0.2) is 0 Å². The largest absolute Gasteiger partial charge is 0.497 e. The molecule has 4 fully saturated rings. The van der Waals surface area contributed by atoms with E-state index in [1.54, 1.807) is 19.2 Å². The molecule has 3 N–H and O–H groups in total. The van der Waals surface area contributed by atoms with E-state index in [-0.39, 0.29) is 38.0 Å². The molecule has 0 radical (unpaired) electrons. The summed E-state index contributed by atoms with van der Waals surface area (Å²) in [6.45, 7) is 6.90.